The Morgan fingerprint density at radius 2 is 2.04 bits per heavy atom. The van der Waals surface area contributed by atoms with E-state index in [1.54, 1.807) is 12.3 Å². The van der Waals surface area contributed by atoms with Crippen LogP contribution in [0, 0.1) is 11.7 Å². The van der Waals surface area contributed by atoms with Gasteiger partial charge in [0, 0.05) is 26.1 Å². The number of nitrogens with one attached hydrogen (secondary N) is 2. The van der Waals surface area contributed by atoms with E-state index in [0.29, 0.717) is 30.0 Å². The maximum absolute atomic E-state index is 14.6. The highest BCUT2D eigenvalue weighted by atomic mass is 19.1. The van der Waals surface area contributed by atoms with E-state index >= 15 is 0 Å². The Labute approximate surface area is 147 Å². The Kier molecular flexibility index (Phi) is 5.36. The van der Waals surface area contributed by atoms with Crippen molar-refractivity contribution in [3.63, 3.8) is 0 Å². The van der Waals surface area contributed by atoms with E-state index in [1.807, 2.05) is 6.07 Å². The summed E-state index contributed by atoms with van der Waals surface area (Å²) in [7, 11) is 0. The number of benzene rings is 1. The first-order valence-corrected chi connectivity index (χ1v) is 8.81. The Hall–Kier alpha value is -2.37. The molecular weight excluding hydrogens is 321 g/mol. The second kappa shape index (κ2) is 7.68. The summed E-state index contributed by atoms with van der Waals surface area (Å²) in [5.41, 5.74) is 1.22. The van der Waals surface area contributed by atoms with Gasteiger partial charge in [-0.25, -0.2) is 4.39 Å². The Bertz CT molecular complexity index is 669. The molecule has 1 atom stereocenters. The number of hydrogen-bond donors (Lipinski definition) is 2. The minimum Gasteiger partial charge on any atom is -0.391 e. The molecule has 2 fully saturated rings. The molecule has 2 heterocycles. The minimum atomic E-state index is -0.447. The van der Waals surface area contributed by atoms with Gasteiger partial charge in [-0.05, 0) is 49.1 Å². The normalized spacial score (nSPS) is 21.8. The van der Waals surface area contributed by atoms with Crippen LogP contribution in [0.5, 0.6) is 0 Å². The Morgan fingerprint density at radius 3 is 2.68 bits per heavy atom. The van der Waals surface area contributed by atoms with Gasteiger partial charge in [0.05, 0.1) is 11.6 Å². The summed E-state index contributed by atoms with van der Waals surface area (Å²) in [5, 5.41) is 5.47. The summed E-state index contributed by atoms with van der Waals surface area (Å²) in [6.07, 6.45) is 4.46. The number of nitrogens with zero attached hydrogens (tertiary/aromatic N) is 1. The molecule has 134 valence electrons. The molecule has 0 spiro atoms. The van der Waals surface area contributed by atoms with Crippen molar-refractivity contribution in [2.75, 3.05) is 24.5 Å². The predicted octanol–water partition coefficient (Wildman–Crippen LogP) is 2.30. The van der Waals surface area contributed by atoms with Crippen molar-refractivity contribution in [3.8, 4) is 0 Å². The van der Waals surface area contributed by atoms with Crippen LogP contribution < -0.4 is 15.5 Å². The van der Waals surface area contributed by atoms with E-state index in [1.165, 1.54) is 6.07 Å². The van der Waals surface area contributed by atoms with Crippen molar-refractivity contribution in [2.45, 2.75) is 31.6 Å². The van der Waals surface area contributed by atoms with Crippen LogP contribution in [-0.4, -0.2) is 31.4 Å². The standard InChI is InChI=1S/C19H24FN3O2/c1-2-21-12-13-7-9-23(10-8-13)17-5-3-14(11-16(17)20)15-4-6-18(24)22-19(15)25/h2-3,5,11,13,15,21H,1,4,6-10,12H2,(H,22,24,25). The van der Waals surface area contributed by atoms with Gasteiger partial charge in [0.1, 0.15) is 5.82 Å². The number of imide groups is 1. The average molecular weight is 345 g/mol. The number of piperidine rings is 2. The molecule has 5 nitrogen and oxygen atoms in total. The number of hydrogen-bond acceptors (Lipinski definition) is 4. The molecule has 0 bridgehead atoms. The average Bonchev–Trinajstić information content (AvgIpc) is 2.60. The molecule has 0 aromatic heterocycles. The Morgan fingerprint density at radius 1 is 1.28 bits per heavy atom. The molecule has 0 aliphatic carbocycles. The third kappa shape index (κ3) is 4.00. The third-order valence-corrected chi connectivity index (χ3v) is 5.12. The molecule has 2 amide bonds. The molecule has 25 heavy (non-hydrogen) atoms. The summed E-state index contributed by atoms with van der Waals surface area (Å²) in [5.74, 6) is -0.757. The number of anilines is 1. The van der Waals surface area contributed by atoms with Gasteiger partial charge in [-0.2, -0.15) is 0 Å². The lowest BCUT2D eigenvalue weighted by molar-refractivity contribution is -0.134. The van der Waals surface area contributed by atoms with Crippen molar-refractivity contribution < 1.29 is 14.0 Å². The molecular formula is C19H24FN3O2. The highest BCUT2D eigenvalue weighted by Crippen LogP contribution is 2.30. The lowest BCUT2D eigenvalue weighted by atomic mass is 9.90. The molecule has 1 unspecified atom stereocenters. The van der Waals surface area contributed by atoms with Gasteiger partial charge >= 0.3 is 0 Å². The quantitative estimate of drug-likeness (QED) is 0.804. The van der Waals surface area contributed by atoms with Crippen molar-refractivity contribution >= 4 is 17.5 Å². The summed E-state index contributed by atoms with van der Waals surface area (Å²) < 4.78 is 14.6. The molecule has 2 saturated heterocycles. The lowest BCUT2D eigenvalue weighted by Gasteiger charge is -2.34. The van der Waals surface area contributed by atoms with Crippen LogP contribution in [0.4, 0.5) is 10.1 Å². The number of halogens is 1. The second-order valence-corrected chi connectivity index (χ2v) is 6.76. The topological polar surface area (TPSA) is 61.4 Å². The van der Waals surface area contributed by atoms with E-state index in [-0.39, 0.29) is 17.6 Å². The number of carbonyl (C=O) groups excluding carboxylic acids is 2. The van der Waals surface area contributed by atoms with Gasteiger partial charge in [0.25, 0.3) is 0 Å². The molecule has 2 aliphatic heterocycles. The smallest absolute Gasteiger partial charge is 0.234 e. The van der Waals surface area contributed by atoms with Crippen molar-refractivity contribution in [1.29, 1.82) is 0 Å². The number of carbonyl (C=O) groups is 2. The Balaban J connectivity index is 1.66. The molecule has 2 aliphatic rings. The van der Waals surface area contributed by atoms with Gasteiger partial charge < -0.3 is 10.2 Å². The van der Waals surface area contributed by atoms with E-state index in [4.69, 9.17) is 0 Å². The second-order valence-electron chi connectivity index (χ2n) is 6.76. The molecule has 1 aromatic carbocycles. The van der Waals surface area contributed by atoms with Crippen LogP contribution in [0.2, 0.25) is 0 Å². The SMILES string of the molecule is C=CNCC1CCN(c2ccc(C3CCC(=O)NC3=O)cc2F)CC1. The van der Waals surface area contributed by atoms with Gasteiger partial charge in [0.15, 0.2) is 0 Å². The number of rotatable bonds is 5. The van der Waals surface area contributed by atoms with Gasteiger partial charge in [-0.15, -0.1) is 0 Å². The summed E-state index contributed by atoms with van der Waals surface area (Å²) in [6, 6.07) is 5.02. The lowest BCUT2D eigenvalue weighted by Crippen LogP contribution is -2.39. The monoisotopic (exact) mass is 345 g/mol. The first-order chi connectivity index (χ1) is 12.1. The zero-order chi connectivity index (χ0) is 17.8. The molecule has 0 saturated carbocycles. The fourth-order valence-corrected chi connectivity index (χ4v) is 3.64. The molecule has 2 N–H and O–H groups in total. The van der Waals surface area contributed by atoms with Crippen LogP contribution in [0.3, 0.4) is 0 Å². The van der Waals surface area contributed by atoms with E-state index < -0.39 is 5.92 Å². The summed E-state index contributed by atoms with van der Waals surface area (Å²) in [6.45, 7) is 6.20. The highest BCUT2D eigenvalue weighted by molar-refractivity contribution is 6.00. The first kappa shape index (κ1) is 17.5. The zero-order valence-corrected chi connectivity index (χ0v) is 14.3. The van der Waals surface area contributed by atoms with Crippen LogP contribution in [0.1, 0.15) is 37.2 Å². The minimum absolute atomic E-state index is 0.257. The maximum atomic E-state index is 14.6. The maximum Gasteiger partial charge on any atom is 0.234 e. The van der Waals surface area contributed by atoms with Crippen molar-refractivity contribution in [2.24, 2.45) is 5.92 Å². The van der Waals surface area contributed by atoms with Crippen LogP contribution in [0.25, 0.3) is 0 Å². The third-order valence-electron chi connectivity index (χ3n) is 5.12. The zero-order valence-electron chi connectivity index (χ0n) is 14.3. The predicted molar refractivity (Wildman–Crippen MR) is 94.7 cm³/mol. The van der Waals surface area contributed by atoms with Crippen molar-refractivity contribution in [3.05, 3.63) is 42.4 Å². The van der Waals surface area contributed by atoms with Gasteiger partial charge in [-0.1, -0.05) is 12.6 Å². The summed E-state index contributed by atoms with van der Waals surface area (Å²) >= 11 is 0. The van der Waals surface area contributed by atoms with Crippen LogP contribution >= 0.6 is 0 Å². The van der Waals surface area contributed by atoms with Gasteiger partial charge in [0.2, 0.25) is 11.8 Å². The van der Waals surface area contributed by atoms with E-state index in [9.17, 15) is 14.0 Å². The fourth-order valence-electron chi connectivity index (χ4n) is 3.64. The highest BCUT2D eigenvalue weighted by Gasteiger charge is 2.29. The first-order valence-electron chi connectivity index (χ1n) is 8.81. The fraction of sp³-hybridized carbons (Fsp3) is 0.474. The van der Waals surface area contributed by atoms with Crippen molar-refractivity contribution in [1.82, 2.24) is 10.6 Å². The largest absolute Gasteiger partial charge is 0.391 e. The summed E-state index contributed by atoms with van der Waals surface area (Å²) in [4.78, 5) is 25.3. The molecule has 1 aromatic rings. The van der Waals surface area contributed by atoms with E-state index in [2.05, 4.69) is 22.1 Å². The van der Waals surface area contributed by atoms with Crippen LogP contribution in [-0.2, 0) is 9.59 Å². The van der Waals surface area contributed by atoms with Crippen LogP contribution in [0.15, 0.2) is 31.0 Å². The molecule has 0 radical (unpaired) electrons. The van der Waals surface area contributed by atoms with E-state index in [0.717, 1.165) is 32.5 Å². The number of amides is 2. The molecule has 6 heteroatoms. The van der Waals surface area contributed by atoms with Gasteiger partial charge in [-0.3, -0.25) is 14.9 Å². The molecule has 3 rings (SSSR count).